The fourth-order valence-corrected chi connectivity index (χ4v) is 5.90. The fraction of sp³-hybridized carbons (Fsp3) is 0.484. The Kier molecular flexibility index (Phi) is 6.21. The van der Waals surface area contributed by atoms with E-state index in [1.54, 1.807) is 14.0 Å². The average molecular weight is 498 g/mol. The van der Waals surface area contributed by atoms with E-state index in [9.17, 15) is 4.79 Å². The molecule has 0 N–H and O–H groups in total. The summed E-state index contributed by atoms with van der Waals surface area (Å²) in [6.07, 6.45) is 10.3. The molecule has 3 aliphatic rings. The molecule has 2 saturated carbocycles. The van der Waals surface area contributed by atoms with Crippen molar-refractivity contribution >= 4 is 5.78 Å². The van der Waals surface area contributed by atoms with Gasteiger partial charge in [0, 0.05) is 23.7 Å². The minimum atomic E-state index is -0.135. The number of aryl methyl sites for hydroxylation is 2. The molecule has 2 fully saturated rings. The Morgan fingerprint density at radius 1 is 1.08 bits per heavy atom. The van der Waals surface area contributed by atoms with Gasteiger partial charge in [-0.1, -0.05) is 19.1 Å². The highest BCUT2D eigenvalue weighted by Gasteiger charge is 2.38. The first-order valence-electron chi connectivity index (χ1n) is 13.6. The summed E-state index contributed by atoms with van der Waals surface area (Å²) in [5.41, 5.74) is 7.37. The minimum Gasteiger partial charge on any atom is -0.484 e. The highest BCUT2D eigenvalue weighted by molar-refractivity contribution is 5.79. The molecule has 3 heterocycles. The Morgan fingerprint density at radius 3 is 2.57 bits per heavy atom. The van der Waals surface area contributed by atoms with Gasteiger partial charge in [-0.05, 0) is 92.9 Å². The fourth-order valence-electron chi connectivity index (χ4n) is 5.90. The quantitative estimate of drug-likeness (QED) is 0.353. The van der Waals surface area contributed by atoms with Gasteiger partial charge in [-0.3, -0.25) is 9.78 Å². The normalized spacial score (nSPS) is 20.5. The number of carbonyl (C=O) groups is 1. The zero-order chi connectivity index (χ0) is 25.7. The van der Waals surface area contributed by atoms with E-state index in [0.717, 1.165) is 41.2 Å². The van der Waals surface area contributed by atoms with Gasteiger partial charge in [-0.15, -0.1) is 0 Å². The van der Waals surface area contributed by atoms with Crippen LogP contribution in [0.3, 0.4) is 0 Å². The standard InChI is InChI=1S/C31H35N3O3/c1-17(19(3)35)30(22-8-9-22)23-10-7-21-11-12-27(37-28(21)13-23)31-18(2)34-26(16-33-31)24-14-29(36-4)32-15-25(24)20-5-6-20/h7,10,13-17,20,22,27,30H,5-6,8-9,11-12H2,1-4H3/t17-,27?,30+/m1/s1. The lowest BCUT2D eigenvalue weighted by Gasteiger charge is -2.29. The summed E-state index contributed by atoms with van der Waals surface area (Å²) in [7, 11) is 1.64. The Hall–Kier alpha value is -3.28. The zero-order valence-electron chi connectivity index (χ0n) is 22.2. The number of nitrogens with zero attached hydrogens (tertiary/aromatic N) is 3. The Balaban J connectivity index is 1.27. The number of methoxy groups -OCH3 is 1. The molecule has 6 rings (SSSR count). The van der Waals surface area contributed by atoms with Crippen molar-refractivity contribution < 1.29 is 14.3 Å². The molecule has 1 aromatic carbocycles. The lowest BCUT2D eigenvalue weighted by Crippen LogP contribution is -2.21. The van der Waals surface area contributed by atoms with Gasteiger partial charge in [-0.25, -0.2) is 9.97 Å². The number of ether oxygens (including phenoxy) is 2. The molecule has 0 saturated heterocycles. The van der Waals surface area contributed by atoms with Gasteiger partial charge < -0.3 is 9.47 Å². The second kappa shape index (κ2) is 9.55. The Bertz CT molecular complexity index is 1350. The molecule has 192 valence electrons. The Labute approximate surface area is 218 Å². The van der Waals surface area contributed by atoms with E-state index >= 15 is 0 Å². The van der Waals surface area contributed by atoms with E-state index in [1.807, 2.05) is 25.4 Å². The summed E-state index contributed by atoms with van der Waals surface area (Å²) >= 11 is 0. The van der Waals surface area contributed by atoms with Gasteiger partial charge >= 0.3 is 0 Å². The molecule has 2 aliphatic carbocycles. The van der Waals surface area contributed by atoms with Crippen molar-refractivity contribution in [1.82, 2.24) is 15.0 Å². The van der Waals surface area contributed by atoms with E-state index in [-0.39, 0.29) is 23.7 Å². The van der Waals surface area contributed by atoms with Crippen LogP contribution in [0.1, 0.15) is 92.0 Å². The first-order chi connectivity index (χ1) is 17.9. The number of rotatable bonds is 8. The smallest absolute Gasteiger partial charge is 0.213 e. The third-order valence-electron chi connectivity index (χ3n) is 8.43. The van der Waals surface area contributed by atoms with Crippen molar-refractivity contribution in [3.8, 4) is 22.9 Å². The van der Waals surface area contributed by atoms with Crippen molar-refractivity contribution in [1.29, 1.82) is 0 Å². The van der Waals surface area contributed by atoms with Crippen LogP contribution in [0.15, 0.2) is 36.7 Å². The van der Waals surface area contributed by atoms with Crippen molar-refractivity contribution in [2.45, 2.75) is 77.2 Å². The number of carbonyl (C=O) groups excluding carboxylic acids is 1. The molecule has 0 spiro atoms. The number of Topliss-reactive ketones (excluding diaryl/α,β-unsaturated/α-hetero) is 1. The molecule has 1 aliphatic heterocycles. The van der Waals surface area contributed by atoms with E-state index < -0.39 is 0 Å². The van der Waals surface area contributed by atoms with Crippen LogP contribution in [-0.2, 0) is 11.2 Å². The zero-order valence-corrected chi connectivity index (χ0v) is 22.2. The number of ketones is 1. The van der Waals surface area contributed by atoms with E-state index in [2.05, 4.69) is 30.1 Å². The maximum atomic E-state index is 12.2. The molecular weight excluding hydrogens is 462 g/mol. The number of aromatic nitrogens is 3. The Morgan fingerprint density at radius 2 is 1.89 bits per heavy atom. The topological polar surface area (TPSA) is 74.2 Å². The molecule has 37 heavy (non-hydrogen) atoms. The van der Waals surface area contributed by atoms with Crippen LogP contribution >= 0.6 is 0 Å². The maximum Gasteiger partial charge on any atom is 0.213 e. The summed E-state index contributed by atoms with van der Waals surface area (Å²) in [6, 6.07) is 8.57. The third-order valence-corrected chi connectivity index (χ3v) is 8.43. The van der Waals surface area contributed by atoms with Crippen LogP contribution in [0, 0.1) is 18.8 Å². The van der Waals surface area contributed by atoms with Crippen molar-refractivity contribution in [3.05, 3.63) is 64.7 Å². The van der Waals surface area contributed by atoms with Crippen LogP contribution in [-0.4, -0.2) is 27.8 Å². The van der Waals surface area contributed by atoms with Crippen LogP contribution < -0.4 is 9.47 Å². The SMILES string of the molecule is COc1cc(-c2cnc(C3CCc4ccc([C@H](C5CC5)[C@H](C)C(C)=O)cc4O3)c(C)n2)c(C2CC2)cn1. The second-order valence-corrected chi connectivity index (χ2v) is 11.1. The highest BCUT2D eigenvalue weighted by Crippen LogP contribution is 2.49. The number of benzene rings is 1. The molecule has 1 unspecified atom stereocenters. The largest absolute Gasteiger partial charge is 0.484 e. The van der Waals surface area contributed by atoms with Crippen molar-refractivity contribution in [2.24, 2.45) is 11.8 Å². The number of pyridine rings is 1. The molecule has 6 nitrogen and oxygen atoms in total. The van der Waals surface area contributed by atoms with Crippen molar-refractivity contribution in [3.63, 3.8) is 0 Å². The highest BCUT2D eigenvalue weighted by atomic mass is 16.5. The van der Waals surface area contributed by atoms with Crippen LogP contribution in [0.25, 0.3) is 11.3 Å². The number of hydrogen-bond donors (Lipinski definition) is 0. The van der Waals surface area contributed by atoms with Crippen LogP contribution in [0.4, 0.5) is 0 Å². The molecule has 0 bridgehead atoms. The van der Waals surface area contributed by atoms with Crippen LogP contribution in [0.5, 0.6) is 11.6 Å². The molecule has 2 aromatic heterocycles. The molecule has 3 aromatic rings. The van der Waals surface area contributed by atoms with E-state index in [0.29, 0.717) is 17.7 Å². The number of hydrogen-bond acceptors (Lipinski definition) is 6. The van der Waals surface area contributed by atoms with Gasteiger partial charge in [0.2, 0.25) is 5.88 Å². The summed E-state index contributed by atoms with van der Waals surface area (Å²) in [6.45, 7) is 5.81. The molecule has 3 atom stereocenters. The predicted molar refractivity (Wildman–Crippen MR) is 142 cm³/mol. The van der Waals surface area contributed by atoms with Gasteiger partial charge in [0.1, 0.15) is 23.3 Å². The summed E-state index contributed by atoms with van der Waals surface area (Å²) in [5.74, 6) is 3.22. The first-order valence-corrected chi connectivity index (χ1v) is 13.6. The monoisotopic (exact) mass is 497 g/mol. The summed E-state index contributed by atoms with van der Waals surface area (Å²) < 4.78 is 12.0. The summed E-state index contributed by atoms with van der Waals surface area (Å²) in [5, 5.41) is 0. The molecule has 0 amide bonds. The molecule has 0 radical (unpaired) electrons. The predicted octanol–water partition coefficient (Wildman–Crippen LogP) is 6.52. The minimum absolute atomic E-state index is 0.0259. The third kappa shape index (κ3) is 4.74. The van der Waals surface area contributed by atoms with Crippen LogP contribution in [0.2, 0.25) is 0 Å². The molecular formula is C31H35N3O3. The van der Waals surface area contributed by atoms with Crippen molar-refractivity contribution in [2.75, 3.05) is 7.11 Å². The second-order valence-electron chi connectivity index (χ2n) is 11.1. The average Bonchev–Trinajstić information content (AvgIpc) is 3.82. The van der Waals surface area contributed by atoms with Gasteiger partial charge in [0.15, 0.2) is 0 Å². The van der Waals surface area contributed by atoms with Gasteiger partial charge in [0.25, 0.3) is 0 Å². The van der Waals surface area contributed by atoms with E-state index in [1.165, 1.54) is 42.4 Å². The lowest BCUT2D eigenvalue weighted by atomic mass is 9.80. The maximum absolute atomic E-state index is 12.2. The van der Waals surface area contributed by atoms with Gasteiger partial charge in [0.05, 0.1) is 24.7 Å². The van der Waals surface area contributed by atoms with E-state index in [4.69, 9.17) is 19.4 Å². The first kappa shape index (κ1) is 24.1. The number of fused-ring (bicyclic) bond motifs is 1. The lowest BCUT2D eigenvalue weighted by molar-refractivity contribution is -0.121. The van der Waals surface area contributed by atoms with Gasteiger partial charge in [-0.2, -0.15) is 0 Å². The summed E-state index contributed by atoms with van der Waals surface area (Å²) in [4.78, 5) is 26.5. The molecule has 6 heteroatoms.